The quantitative estimate of drug-likeness (QED) is 0.480. The third-order valence-corrected chi connectivity index (χ3v) is 4.85. The van der Waals surface area contributed by atoms with Crippen LogP contribution in [0.15, 0.2) is 64.6 Å². The highest BCUT2D eigenvalue weighted by Gasteiger charge is 2.20. The second kappa shape index (κ2) is 7.28. The van der Waals surface area contributed by atoms with E-state index in [-0.39, 0.29) is 10.8 Å². The predicted molar refractivity (Wildman–Crippen MR) is 90.7 cm³/mol. The molecular formula is C17H20N2O3S. The normalized spacial score (nSPS) is 12.0. The Bertz CT molecular complexity index is 769. The van der Waals surface area contributed by atoms with Gasteiger partial charge in [0.25, 0.3) is 10.0 Å². The largest absolute Gasteiger partial charge is 0.477 e. The highest BCUT2D eigenvalue weighted by molar-refractivity contribution is 7.89. The summed E-state index contributed by atoms with van der Waals surface area (Å²) in [4.78, 5) is 0.193. The minimum absolute atomic E-state index is 0.193. The van der Waals surface area contributed by atoms with Gasteiger partial charge in [-0.25, -0.2) is 0 Å². The van der Waals surface area contributed by atoms with Gasteiger partial charge < -0.3 is 4.74 Å². The van der Waals surface area contributed by atoms with Crippen LogP contribution in [0.2, 0.25) is 0 Å². The molecule has 0 aliphatic carbocycles. The molecule has 0 aliphatic rings. The van der Waals surface area contributed by atoms with E-state index in [4.69, 9.17) is 4.74 Å². The molecule has 0 spiro atoms. The lowest BCUT2D eigenvalue weighted by Crippen LogP contribution is -2.24. The van der Waals surface area contributed by atoms with Crippen LogP contribution in [-0.4, -0.2) is 32.4 Å². The molecule has 23 heavy (non-hydrogen) atoms. The third-order valence-electron chi connectivity index (χ3n) is 3.20. The maximum atomic E-state index is 12.6. The monoisotopic (exact) mass is 332 g/mol. The van der Waals surface area contributed by atoms with Gasteiger partial charge in [0.05, 0.1) is 11.5 Å². The van der Waals surface area contributed by atoms with Gasteiger partial charge in [-0.15, -0.1) is 5.10 Å². The van der Waals surface area contributed by atoms with E-state index in [2.05, 4.69) is 5.10 Å². The highest BCUT2D eigenvalue weighted by Crippen LogP contribution is 2.16. The van der Waals surface area contributed by atoms with Gasteiger partial charge in [-0.3, -0.25) is 0 Å². The Hall–Kier alpha value is -2.34. The Morgan fingerprint density at radius 1 is 1.09 bits per heavy atom. The predicted octanol–water partition coefficient (Wildman–Crippen LogP) is 3.01. The Balaban J connectivity index is 2.36. The van der Waals surface area contributed by atoms with Gasteiger partial charge in [0, 0.05) is 12.6 Å². The van der Waals surface area contributed by atoms with E-state index in [1.54, 1.807) is 24.3 Å². The fraction of sp³-hybridized carbons (Fsp3) is 0.235. The number of rotatable bonds is 5. The van der Waals surface area contributed by atoms with Gasteiger partial charge in [0.15, 0.2) is 0 Å². The van der Waals surface area contributed by atoms with Gasteiger partial charge in [-0.1, -0.05) is 35.9 Å². The number of hydrogen-bond acceptors (Lipinski definition) is 4. The summed E-state index contributed by atoms with van der Waals surface area (Å²) >= 11 is 0. The van der Waals surface area contributed by atoms with Gasteiger partial charge in [0.2, 0.25) is 5.90 Å². The van der Waals surface area contributed by atoms with Gasteiger partial charge >= 0.3 is 0 Å². The Labute approximate surface area is 137 Å². The number of aryl methyl sites for hydroxylation is 1. The van der Waals surface area contributed by atoms with Crippen molar-refractivity contribution in [2.45, 2.75) is 18.7 Å². The molecule has 0 fully saturated rings. The van der Waals surface area contributed by atoms with Crippen molar-refractivity contribution in [3.8, 4) is 0 Å². The average Bonchev–Trinajstić information content (AvgIpc) is 2.55. The van der Waals surface area contributed by atoms with E-state index in [0.717, 1.165) is 15.5 Å². The second-order valence-corrected chi connectivity index (χ2v) is 6.91. The first-order chi connectivity index (χ1) is 10.9. The molecule has 0 radical (unpaired) electrons. The van der Waals surface area contributed by atoms with Crippen LogP contribution in [0, 0.1) is 6.92 Å². The van der Waals surface area contributed by atoms with Crippen molar-refractivity contribution in [2.24, 2.45) is 5.10 Å². The molecule has 0 aromatic heterocycles. The van der Waals surface area contributed by atoms with Gasteiger partial charge in [0.1, 0.15) is 0 Å². The third kappa shape index (κ3) is 4.10. The summed E-state index contributed by atoms with van der Waals surface area (Å²) in [5.74, 6) is 0.270. The summed E-state index contributed by atoms with van der Waals surface area (Å²) in [5.41, 5.74) is 1.72. The first-order valence-electron chi connectivity index (χ1n) is 7.27. The smallest absolute Gasteiger partial charge is 0.278 e. The maximum absolute atomic E-state index is 12.6. The molecule has 0 amide bonds. The van der Waals surface area contributed by atoms with E-state index in [0.29, 0.717) is 6.61 Å². The molecule has 0 unspecified atom stereocenters. The lowest BCUT2D eigenvalue weighted by Gasteiger charge is -2.16. The number of hydrazone groups is 1. The van der Waals surface area contributed by atoms with Gasteiger partial charge in [-0.2, -0.15) is 12.8 Å². The van der Waals surface area contributed by atoms with E-state index >= 15 is 0 Å². The summed E-state index contributed by atoms with van der Waals surface area (Å²) in [7, 11) is -2.31. The summed E-state index contributed by atoms with van der Waals surface area (Å²) in [6.45, 7) is 4.12. The molecule has 0 saturated heterocycles. The van der Waals surface area contributed by atoms with Crippen molar-refractivity contribution in [1.29, 1.82) is 0 Å². The molecule has 2 aromatic rings. The summed E-state index contributed by atoms with van der Waals surface area (Å²) in [6.07, 6.45) is 0. The maximum Gasteiger partial charge on any atom is 0.278 e. The molecular weight excluding hydrogens is 312 g/mol. The molecule has 2 rings (SSSR count). The minimum Gasteiger partial charge on any atom is -0.477 e. The van der Waals surface area contributed by atoms with Crippen molar-refractivity contribution in [1.82, 2.24) is 4.41 Å². The van der Waals surface area contributed by atoms with Crippen molar-refractivity contribution in [3.63, 3.8) is 0 Å². The van der Waals surface area contributed by atoms with Crippen molar-refractivity contribution in [3.05, 3.63) is 65.7 Å². The highest BCUT2D eigenvalue weighted by atomic mass is 32.2. The van der Waals surface area contributed by atoms with Crippen LogP contribution >= 0.6 is 0 Å². The summed E-state index contributed by atoms with van der Waals surface area (Å²) in [6, 6.07) is 15.9. The van der Waals surface area contributed by atoms with Crippen molar-refractivity contribution < 1.29 is 13.2 Å². The molecule has 0 aliphatic heterocycles. The molecule has 0 heterocycles. The standard InChI is InChI=1S/C17H20N2O3S/c1-4-22-17(15-8-6-5-7-9-15)18-19(3)23(20,21)16-12-10-14(2)11-13-16/h5-13H,4H2,1-3H3/b18-17-. The zero-order valence-corrected chi connectivity index (χ0v) is 14.2. The Kier molecular flexibility index (Phi) is 5.39. The molecule has 0 saturated carbocycles. The molecule has 0 atom stereocenters. The molecule has 0 N–H and O–H groups in total. The lowest BCUT2D eigenvalue weighted by atomic mass is 10.2. The second-order valence-electron chi connectivity index (χ2n) is 4.96. The molecule has 5 nitrogen and oxygen atoms in total. The minimum atomic E-state index is -3.71. The Morgan fingerprint density at radius 3 is 2.26 bits per heavy atom. The average molecular weight is 332 g/mol. The van der Waals surface area contributed by atoms with Crippen LogP contribution in [0.3, 0.4) is 0 Å². The van der Waals surface area contributed by atoms with Gasteiger partial charge in [-0.05, 0) is 38.1 Å². The number of ether oxygens (including phenoxy) is 1. The van der Waals surface area contributed by atoms with Crippen molar-refractivity contribution >= 4 is 15.9 Å². The van der Waals surface area contributed by atoms with E-state index in [1.807, 2.05) is 44.2 Å². The summed E-state index contributed by atoms with van der Waals surface area (Å²) < 4.78 is 31.6. The zero-order chi connectivity index (χ0) is 16.9. The van der Waals surface area contributed by atoms with Crippen LogP contribution in [-0.2, 0) is 14.8 Å². The number of sulfonamides is 1. The number of nitrogens with zero attached hydrogens (tertiary/aromatic N) is 2. The first-order valence-corrected chi connectivity index (χ1v) is 8.71. The molecule has 6 heteroatoms. The van der Waals surface area contributed by atoms with Crippen LogP contribution in [0.4, 0.5) is 0 Å². The van der Waals surface area contributed by atoms with Crippen LogP contribution in [0.1, 0.15) is 18.1 Å². The van der Waals surface area contributed by atoms with Crippen LogP contribution in [0.25, 0.3) is 0 Å². The Morgan fingerprint density at radius 2 is 1.70 bits per heavy atom. The fourth-order valence-corrected chi connectivity index (χ4v) is 2.90. The number of benzene rings is 2. The lowest BCUT2D eigenvalue weighted by molar-refractivity contribution is 0.318. The molecule has 0 bridgehead atoms. The van der Waals surface area contributed by atoms with E-state index in [1.165, 1.54) is 7.05 Å². The fourth-order valence-electron chi connectivity index (χ4n) is 1.93. The van der Waals surface area contributed by atoms with Crippen molar-refractivity contribution in [2.75, 3.05) is 13.7 Å². The molecule has 2 aromatic carbocycles. The van der Waals surface area contributed by atoms with E-state index in [9.17, 15) is 8.42 Å². The van der Waals surface area contributed by atoms with Crippen LogP contribution < -0.4 is 0 Å². The zero-order valence-electron chi connectivity index (χ0n) is 13.4. The SMILES string of the molecule is CCO/C(=N\N(C)S(=O)(=O)c1ccc(C)cc1)c1ccccc1. The first kappa shape index (κ1) is 17.0. The van der Waals surface area contributed by atoms with E-state index < -0.39 is 10.0 Å². The topological polar surface area (TPSA) is 59.0 Å². The summed E-state index contributed by atoms with van der Waals surface area (Å²) in [5, 5.41) is 4.15. The van der Waals surface area contributed by atoms with Crippen LogP contribution in [0.5, 0.6) is 0 Å². The molecule has 122 valence electrons. The number of hydrogen-bond donors (Lipinski definition) is 0.